The third-order valence-corrected chi connectivity index (χ3v) is 4.43. The number of nitrogens with two attached hydrogens (primary N) is 1. The molecule has 0 spiro atoms. The van der Waals surface area contributed by atoms with Gasteiger partial charge in [-0.25, -0.2) is 0 Å². The SMILES string of the molecule is CC[C@H](C)[C@H](NC(=O)[C@H](CS)NC(=O)[C@@H](N)CC(=O)O)C(=O)N[C@@H](C)C(=O)O. The number of thiol groups is 1. The minimum atomic E-state index is -1.35. The van der Waals surface area contributed by atoms with Crippen molar-refractivity contribution >= 4 is 42.3 Å². The molecule has 0 bridgehead atoms. The minimum Gasteiger partial charge on any atom is -0.481 e. The molecular weight excluding hydrogens is 392 g/mol. The summed E-state index contributed by atoms with van der Waals surface area (Å²) in [5, 5.41) is 24.7. The van der Waals surface area contributed by atoms with Crippen molar-refractivity contribution < 1.29 is 34.2 Å². The van der Waals surface area contributed by atoms with Gasteiger partial charge in [0.25, 0.3) is 0 Å². The van der Waals surface area contributed by atoms with E-state index in [1.165, 1.54) is 6.92 Å². The molecular formula is C16H28N4O7S. The highest BCUT2D eigenvalue weighted by molar-refractivity contribution is 7.80. The molecule has 0 aromatic carbocycles. The molecule has 0 aliphatic rings. The van der Waals surface area contributed by atoms with Gasteiger partial charge in [-0.15, -0.1) is 0 Å². The summed E-state index contributed by atoms with van der Waals surface area (Å²) in [6, 6.07) is -4.69. The van der Waals surface area contributed by atoms with Crippen LogP contribution < -0.4 is 21.7 Å². The lowest BCUT2D eigenvalue weighted by Gasteiger charge is -2.27. The lowest BCUT2D eigenvalue weighted by Crippen LogP contribution is -2.59. The first-order valence-corrected chi connectivity index (χ1v) is 9.29. The summed E-state index contributed by atoms with van der Waals surface area (Å²) in [5.74, 6) is -5.20. The lowest BCUT2D eigenvalue weighted by atomic mass is 9.97. The van der Waals surface area contributed by atoms with E-state index in [0.717, 1.165) is 0 Å². The fourth-order valence-electron chi connectivity index (χ4n) is 2.07. The summed E-state index contributed by atoms with van der Waals surface area (Å²) in [6.45, 7) is 4.78. The molecule has 0 aromatic heterocycles. The lowest BCUT2D eigenvalue weighted by molar-refractivity contribution is -0.142. The number of carboxylic acids is 2. The van der Waals surface area contributed by atoms with Gasteiger partial charge in [-0.3, -0.25) is 24.0 Å². The van der Waals surface area contributed by atoms with Crippen LogP contribution in [0.5, 0.6) is 0 Å². The van der Waals surface area contributed by atoms with Crippen LogP contribution in [0.4, 0.5) is 0 Å². The number of carboxylic acid groups (broad SMARTS) is 2. The molecule has 11 nitrogen and oxygen atoms in total. The summed E-state index contributed by atoms with van der Waals surface area (Å²) in [6.07, 6.45) is -0.0983. The van der Waals surface area contributed by atoms with Gasteiger partial charge < -0.3 is 31.9 Å². The van der Waals surface area contributed by atoms with Crippen molar-refractivity contribution in [2.45, 2.75) is 57.8 Å². The average molecular weight is 420 g/mol. The molecule has 7 N–H and O–H groups in total. The fourth-order valence-corrected chi connectivity index (χ4v) is 2.33. The molecule has 0 aromatic rings. The van der Waals surface area contributed by atoms with Crippen LogP contribution in [0.15, 0.2) is 0 Å². The monoisotopic (exact) mass is 420 g/mol. The van der Waals surface area contributed by atoms with Crippen LogP contribution in [0.3, 0.4) is 0 Å². The second-order valence-corrected chi connectivity index (χ2v) is 6.75. The summed E-state index contributed by atoms with van der Waals surface area (Å²) in [5.41, 5.74) is 5.45. The van der Waals surface area contributed by atoms with Crippen molar-refractivity contribution in [1.29, 1.82) is 0 Å². The second-order valence-electron chi connectivity index (χ2n) is 6.39. The van der Waals surface area contributed by atoms with Crippen LogP contribution in [0.2, 0.25) is 0 Å². The zero-order valence-electron chi connectivity index (χ0n) is 16.0. The highest BCUT2D eigenvalue weighted by Gasteiger charge is 2.31. The first-order valence-electron chi connectivity index (χ1n) is 8.66. The predicted molar refractivity (Wildman–Crippen MR) is 103 cm³/mol. The van der Waals surface area contributed by atoms with Crippen LogP contribution in [-0.2, 0) is 24.0 Å². The Balaban J connectivity index is 5.15. The Labute approximate surface area is 168 Å². The largest absolute Gasteiger partial charge is 0.481 e. The zero-order chi connectivity index (χ0) is 22.0. The number of aliphatic carboxylic acids is 2. The summed E-state index contributed by atoms with van der Waals surface area (Å²) < 4.78 is 0. The van der Waals surface area contributed by atoms with E-state index in [-0.39, 0.29) is 11.7 Å². The third kappa shape index (κ3) is 8.57. The molecule has 0 saturated carbocycles. The molecule has 0 aliphatic heterocycles. The molecule has 12 heteroatoms. The van der Waals surface area contributed by atoms with Gasteiger partial charge in [-0.05, 0) is 12.8 Å². The normalized spacial score (nSPS) is 16.0. The number of hydrogen-bond donors (Lipinski definition) is 7. The Morgan fingerprint density at radius 2 is 1.54 bits per heavy atom. The van der Waals surface area contributed by atoms with Crippen molar-refractivity contribution in [3.05, 3.63) is 0 Å². The molecule has 0 fully saturated rings. The smallest absolute Gasteiger partial charge is 0.325 e. The molecule has 0 rings (SSSR count). The Kier molecular flexibility index (Phi) is 11.2. The van der Waals surface area contributed by atoms with Crippen LogP contribution in [0.25, 0.3) is 0 Å². The van der Waals surface area contributed by atoms with Gasteiger partial charge in [0.15, 0.2) is 0 Å². The molecule has 28 heavy (non-hydrogen) atoms. The number of amides is 3. The number of rotatable bonds is 12. The van der Waals surface area contributed by atoms with Crippen LogP contribution in [0, 0.1) is 5.92 Å². The van der Waals surface area contributed by atoms with Crippen molar-refractivity contribution in [3.8, 4) is 0 Å². The average Bonchev–Trinajstić information content (AvgIpc) is 2.61. The Bertz CT molecular complexity index is 602. The number of carbonyl (C=O) groups is 5. The minimum absolute atomic E-state index is 0.127. The molecule has 0 heterocycles. The van der Waals surface area contributed by atoms with Gasteiger partial charge >= 0.3 is 11.9 Å². The van der Waals surface area contributed by atoms with Crippen molar-refractivity contribution in [1.82, 2.24) is 16.0 Å². The summed E-state index contributed by atoms with van der Waals surface area (Å²) >= 11 is 3.99. The highest BCUT2D eigenvalue weighted by Crippen LogP contribution is 2.09. The van der Waals surface area contributed by atoms with Crippen molar-refractivity contribution in [2.75, 3.05) is 5.75 Å². The molecule has 0 saturated heterocycles. The molecule has 3 amide bonds. The Morgan fingerprint density at radius 3 is 1.96 bits per heavy atom. The van der Waals surface area contributed by atoms with Gasteiger partial charge in [-0.2, -0.15) is 12.6 Å². The van der Waals surface area contributed by atoms with Crippen molar-refractivity contribution in [2.24, 2.45) is 11.7 Å². The van der Waals surface area contributed by atoms with E-state index in [0.29, 0.717) is 6.42 Å². The maximum atomic E-state index is 12.5. The predicted octanol–water partition coefficient (Wildman–Crippen LogP) is -1.68. The quantitative estimate of drug-likeness (QED) is 0.182. The topological polar surface area (TPSA) is 188 Å². The fraction of sp³-hybridized carbons (Fsp3) is 0.688. The van der Waals surface area contributed by atoms with Crippen molar-refractivity contribution in [3.63, 3.8) is 0 Å². The van der Waals surface area contributed by atoms with E-state index in [4.69, 9.17) is 15.9 Å². The first kappa shape index (κ1) is 25.7. The molecule has 0 aliphatic carbocycles. The molecule has 0 radical (unpaired) electrons. The molecule has 5 atom stereocenters. The molecule has 0 unspecified atom stereocenters. The van der Waals surface area contributed by atoms with Gasteiger partial charge in [-0.1, -0.05) is 20.3 Å². The van der Waals surface area contributed by atoms with E-state index in [1.54, 1.807) is 13.8 Å². The first-order chi connectivity index (χ1) is 12.9. The number of hydrogen-bond acceptors (Lipinski definition) is 7. The van der Waals surface area contributed by atoms with Gasteiger partial charge in [0.1, 0.15) is 18.1 Å². The van der Waals surface area contributed by atoms with E-state index >= 15 is 0 Å². The maximum Gasteiger partial charge on any atom is 0.325 e. The second kappa shape index (κ2) is 12.2. The van der Waals surface area contributed by atoms with Gasteiger partial charge in [0, 0.05) is 5.75 Å². The number of carbonyl (C=O) groups excluding carboxylic acids is 3. The molecule has 160 valence electrons. The Morgan fingerprint density at radius 1 is 0.964 bits per heavy atom. The van der Waals surface area contributed by atoms with Crippen LogP contribution in [0.1, 0.15) is 33.6 Å². The van der Waals surface area contributed by atoms with E-state index in [9.17, 15) is 24.0 Å². The van der Waals surface area contributed by atoms with Crippen LogP contribution >= 0.6 is 12.6 Å². The highest BCUT2D eigenvalue weighted by atomic mass is 32.1. The number of nitrogens with one attached hydrogen (secondary N) is 3. The maximum absolute atomic E-state index is 12.5. The van der Waals surface area contributed by atoms with E-state index in [2.05, 4.69) is 28.6 Å². The van der Waals surface area contributed by atoms with Gasteiger partial charge in [0.2, 0.25) is 17.7 Å². The standard InChI is InChI=1S/C16H28N4O7S/c1-4-7(2)12(15(25)18-8(3)16(26)27)20-14(24)10(6-28)19-13(23)9(17)5-11(21)22/h7-10,12,28H,4-6,17H2,1-3H3,(H,18,25)(H,19,23)(H,20,24)(H,21,22)(H,26,27)/t7-,8-,9-,10-,12-/m0/s1. The summed E-state index contributed by atoms with van der Waals surface area (Å²) in [4.78, 5) is 58.3. The third-order valence-electron chi connectivity index (χ3n) is 4.07. The Hall–Kier alpha value is -2.34. The van der Waals surface area contributed by atoms with E-state index in [1.807, 2.05) is 0 Å². The summed E-state index contributed by atoms with van der Waals surface area (Å²) in [7, 11) is 0. The van der Waals surface area contributed by atoms with Crippen LogP contribution in [-0.4, -0.2) is 69.8 Å². The zero-order valence-corrected chi connectivity index (χ0v) is 16.9. The van der Waals surface area contributed by atoms with E-state index < -0.39 is 60.2 Å². The van der Waals surface area contributed by atoms with Gasteiger partial charge in [0.05, 0.1) is 12.5 Å².